The molecule has 0 fully saturated rings. The third-order valence-electron chi connectivity index (χ3n) is 4.56. The van der Waals surface area contributed by atoms with Gasteiger partial charge in [0.25, 0.3) is 0 Å². The van der Waals surface area contributed by atoms with Gasteiger partial charge in [-0.25, -0.2) is 8.42 Å². The molecule has 126 valence electrons. The van der Waals surface area contributed by atoms with Gasteiger partial charge in [0.05, 0.1) is 10.6 Å². The zero-order chi connectivity index (χ0) is 16.0. The van der Waals surface area contributed by atoms with Crippen molar-refractivity contribution in [1.29, 1.82) is 0 Å². The van der Waals surface area contributed by atoms with Gasteiger partial charge < -0.3 is 4.74 Å². The number of rotatable bonds is 0. The van der Waals surface area contributed by atoms with Gasteiger partial charge in [-0.1, -0.05) is 19.6 Å². The van der Waals surface area contributed by atoms with Crippen molar-refractivity contribution in [3.63, 3.8) is 0 Å². The second-order valence-corrected chi connectivity index (χ2v) is 8.17. The lowest BCUT2D eigenvalue weighted by atomic mass is 9.83. The number of fused-ring (bicyclic) bond motifs is 2. The first-order valence-corrected chi connectivity index (χ1v) is 9.30. The number of hydrogen-bond donors (Lipinski definition) is 0. The fourth-order valence-electron chi connectivity index (χ4n) is 3.30. The van der Waals surface area contributed by atoms with Crippen LogP contribution in [0, 0.1) is 5.92 Å². The van der Waals surface area contributed by atoms with E-state index in [1.807, 2.05) is 12.1 Å². The maximum absolute atomic E-state index is 12.7. The van der Waals surface area contributed by atoms with Gasteiger partial charge in [-0.05, 0) is 54.3 Å². The first-order chi connectivity index (χ1) is 11.0. The van der Waals surface area contributed by atoms with E-state index in [1.54, 1.807) is 30.3 Å². The first-order valence-electron chi connectivity index (χ1n) is 7.64. The Bertz CT molecular complexity index is 899. The van der Waals surface area contributed by atoms with Crippen molar-refractivity contribution in [2.45, 2.75) is 31.8 Å². The summed E-state index contributed by atoms with van der Waals surface area (Å²) in [4.78, 5) is 12.9. The molecule has 0 amide bonds. The second kappa shape index (κ2) is 6.06. The van der Waals surface area contributed by atoms with E-state index in [2.05, 4.69) is 0 Å². The maximum Gasteiger partial charge on any atom is 0.179 e. The smallest absolute Gasteiger partial charge is 0.179 e. The molecule has 6 rings (SSSR count). The number of carbonyl (C=O) groups excluding carboxylic acids is 1. The van der Waals surface area contributed by atoms with E-state index in [1.165, 1.54) is 0 Å². The van der Waals surface area contributed by atoms with Gasteiger partial charge in [0.2, 0.25) is 0 Å². The predicted molar refractivity (Wildman–Crippen MR) is 92.1 cm³/mol. The molecule has 0 saturated heterocycles. The number of benzene rings is 2. The highest BCUT2D eigenvalue weighted by molar-refractivity contribution is 7.91. The molecule has 4 aliphatic rings. The summed E-state index contributed by atoms with van der Waals surface area (Å²) in [6.45, 7) is 0.305. The van der Waals surface area contributed by atoms with E-state index in [4.69, 9.17) is 4.74 Å². The number of aryl methyl sites for hydroxylation is 1. The minimum Gasteiger partial charge on any atom is -0.489 e. The Morgan fingerprint density at radius 1 is 1.08 bits per heavy atom. The lowest BCUT2D eigenvalue weighted by Gasteiger charge is -2.23. The Balaban J connectivity index is 0.00000169. The Morgan fingerprint density at radius 3 is 2.75 bits per heavy atom. The van der Waals surface area contributed by atoms with Crippen molar-refractivity contribution < 1.29 is 17.9 Å². The number of ketones is 1. The van der Waals surface area contributed by atoms with Gasteiger partial charge in [0, 0.05) is 11.5 Å². The van der Waals surface area contributed by atoms with Gasteiger partial charge in [-0.15, -0.1) is 0 Å². The number of carbonyl (C=O) groups is 1. The maximum atomic E-state index is 12.7. The van der Waals surface area contributed by atoms with Crippen LogP contribution in [0.2, 0.25) is 0 Å². The largest absolute Gasteiger partial charge is 0.489 e. The third kappa shape index (κ3) is 2.84. The van der Waals surface area contributed by atoms with Crippen LogP contribution >= 0.6 is 0 Å². The van der Waals surface area contributed by atoms with Crippen molar-refractivity contribution in [3.05, 3.63) is 59.2 Å². The molecule has 0 spiro atoms. The molecule has 3 heterocycles. The Morgan fingerprint density at radius 2 is 1.92 bits per heavy atom. The van der Waals surface area contributed by atoms with Crippen molar-refractivity contribution in [1.82, 2.24) is 0 Å². The molecule has 6 bridgehead atoms. The molecule has 0 saturated carbocycles. The molecule has 2 aromatic carbocycles. The fraction of sp³-hybridized carbons (Fsp3) is 0.316. The van der Waals surface area contributed by atoms with Crippen LogP contribution in [0.25, 0.3) is 0 Å². The molecular weight excluding hydrogens is 324 g/mol. The minimum atomic E-state index is -3.49. The average Bonchev–Trinajstić information content (AvgIpc) is 2.56. The summed E-state index contributed by atoms with van der Waals surface area (Å²) < 4.78 is 31.1. The third-order valence-corrected chi connectivity index (χ3v) is 6.37. The summed E-state index contributed by atoms with van der Waals surface area (Å²) >= 11 is 0. The lowest BCUT2D eigenvalue weighted by molar-refractivity contribution is 0.0915. The van der Waals surface area contributed by atoms with Crippen LogP contribution in [0.15, 0.2) is 47.4 Å². The summed E-state index contributed by atoms with van der Waals surface area (Å²) in [6, 6.07) is 12.2. The van der Waals surface area contributed by atoms with Gasteiger partial charge >= 0.3 is 0 Å². The Hall–Kier alpha value is -2.14. The number of sulfone groups is 1. The number of ether oxygens (including phenoxy) is 1. The fourth-order valence-corrected chi connectivity index (χ4v) is 4.96. The van der Waals surface area contributed by atoms with Crippen molar-refractivity contribution in [2.75, 3.05) is 5.75 Å². The van der Waals surface area contributed by atoms with E-state index in [0.29, 0.717) is 30.8 Å². The van der Waals surface area contributed by atoms with E-state index in [-0.39, 0.29) is 23.9 Å². The standard InChI is InChI=1S/C18H16O4S.CH4/c19-18-14-5-4-13-9-15(6-7-17(13)18)22-10-12-2-1-3-16(8-12)23(20,21)11-14;/h1-3,6-9,14H,4-5,10-11H2;1H4. The molecular formula is C19H20O4S. The molecule has 5 heteroatoms. The lowest BCUT2D eigenvalue weighted by Crippen LogP contribution is -2.29. The number of Topliss-reactive ketones (excluding diaryl/α,β-unsaturated/α-hetero) is 1. The molecule has 3 aliphatic heterocycles. The molecule has 0 aromatic heterocycles. The topological polar surface area (TPSA) is 60.4 Å². The van der Waals surface area contributed by atoms with Crippen LogP contribution in [-0.2, 0) is 22.9 Å². The minimum absolute atomic E-state index is 0. The molecule has 2 aromatic rings. The molecule has 1 atom stereocenters. The normalized spacial score (nSPS) is 21.0. The number of hydrogen-bond acceptors (Lipinski definition) is 4. The van der Waals surface area contributed by atoms with Crippen LogP contribution in [-0.4, -0.2) is 20.0 Å². The van der Waals surface area contributed by atoms with Crippen LogP contribution in [0.4, 0.5) is 0 Å². The highest BCUT2D eigenvalue weighted by Crippen LogP contribution is 2.31. The Labute approximate surface area is 142 Å². The highest BCUT2D eigenvalue weighted by atomic mass is 32.2. The van der Waals surface area contributed by atoms with Crippen LogP contribution in [0.3, 0.4) is 0 Å². The van der Waals surface area contributed by atoms with E-state index in [9.17, 15) is 13.2 Å². The van der Waals surface area contributed by atoms with E-state index in [0.717, 1.165) is 11.1 Å². The van der Waals surface area contributed by atoms with E-state index >= 15 is 0 Å². The second-order valence-electron chi connectivity index (χ2n) is 6.14. The highest BCUT2D eigenvalue weighted by Gasteiger charge is 2.32. The summed E-state index contributed by atoms with van der Waals surface area (Å²) in [5.74, 6) is 0.0418. The molecule has 0 N–H and O–H groups in total. The summed E-state index contributed by atoms with van der Waals surface area (Å²) in [6.07, 6.45) is 1.27. The molecule has 1 aliphatic carbocycles. The van der Waals surface area contributed by atoms with Crippen LogP contribution in [0.1, 0.15) is 35.3 Å². The average molecular weight is 344 g/mol. The SMILES string of the molecule is C.O=C1c2ccc3cc2CCC1CS(=O)(=O)c1cccc(c1)CO3. The molecule has 1 unspecified atom stereocenters. The van der Waals surface area contributed by atoms with Crippen LogP contribution < -0.4 is 4.74 Å². The molecule has 4 nitrogen and oxygen atoms in total. The first kappa shape index (κ1) is 16.7. The monoisotopic (exact) mass is 344 g/mol. The zero-order valence-electron chi connectivity index (χ0n) is 12.5. The molecule has 24 heavy (non-hydrogen) atoms. The quantitative estimate of drug-likeness (QED) is 0.734. The van der Waals surface area contributed by atoms with Crippen molar-refractivity contribution in [3.8, 4) is 5.75 Å². The van der Waals surface area contributed by atoms with Crippen molar-refractivity contribution in [2.24, 2.45) is 5.92 Å². The van der Waals surface area contributed by atoms with Gasteiger partial charge in [0.15, 0.2) is 15.6 Å². The van der Waals surface area contributed by atoms with Gasteiger partial charge in [-0.3, -0.25) is 4.79 Å². The summed E-state index contributed by atoms with van der Waals surface area (Å²) in [7, 11) is -3.49. The predicted octanol–water partition coefficient (Wildman–Crippen LogP) is 3.43. The van der Waals surface area contributed by atoms with Crippen molar-refractivity contribution >= 4 is 15.6 Å². The molecule has 0 radical (unpaired) electrons. The van der Waals surface area contributed by atoms with Gasteiger partial charge in [0.1, 0.15) is 12.4 Å². The van der Waals surface area contributed by atoms with Gasteiger partial charge in [-0.2, -0.15) is 0 Å². The summed E-state index contributed by atoms with van der Waals surface area (Å²) in [5, 5.41) is 0. The van der Waals surface area contributed by atoms with E-state index < -0.39 is 15.8 Å². The Kier molecular flexibility index (Phi) is 4.22. The van der Waals surface area contributed by atoms with Crippen LogP contribution in [0.5, 0.6) is 5.75 Å². The zero-order valence-corrected chi connectivity index (χ0v) is 13.3. The summed E-state index contributed by atoms with van der Waals surface area (Å²) in [5.41, 5.74) is 2.39.